The SMILES string of the molecule is CCOc1ccnc(NC2CCS(=O)CC2)n1. The summed E-state index contributed by atoms with van der Waals surface area (Å²) in [5, 5.41) is 3.26. The highest BCUT2D eigenvalue weighted by Gasteiger charge is 2.18. The van der Waals surface area contributed by atoms with E-state index in [1.165, 1.54) is 0 Å². The maximum absolute atomic E-state index is 11.2. The Labute approximate surface area is 103 Å². The molecule has 1 fully saturated rings. The molecule has 17 heavy (non-hydrogen) atoms. The van der Waals surface area contributed by atoms with E-state index in [2.05, 4.69) is 15.3 Å². The second kappa shape index (κ2) is 5.95. The van der Waals surface area contributed by atoms with Crippen molar-refractivity contribution < 1.29 is 8.95 Å². The minimum Gasteiger partial charge on any atom is -0.478 e. The summed E-state index contributed by atoms with van der Waals surface area (Å²) in [4.78, 5) is 8.41. The van der Waals surface area contributed by atoms with E-state index in [9.17, 15) is 4.21 Å². The van der Waals surface area contributed by atoms with Crippen molar-refractivity contribution in [2.45, 2.75) is 25.8 Å². The summed E-state index contributed by atoms with van der Waals surface area (Å²) in [5.74, 6) is 2.71. The molecule has 1 aliphatic rings. The van der Waals surface area contributed by atoms with E-state index in [0.29, 0.717) is 24.5 Å². The highest BCUT2D eigenvalue weighted by molar-refractivity contribution is 7.85. The van der Waals surface area contributed by atoms with Crippen LogP contribution in [0.4, 0.5) is 5.95 Å². The molecule has 0 unspecified atom stereocenters. The molecule has 5 nitrogen and oxygen atoms in total. The molecule has 0 aromatic carbocycles. The number of hydrogen-bond acceptors (Lipinski definition) is 5. The van der Waals surface area contributed by atoms with Gasteiger partial charge in [0.05, 0.1) is 6.61 Å². The first-order valence-corrected chi connectivity index (χ1v) is 7.34. The molecule has 0 atom stereocenters. The quantitative estimate of drug-likeness (QED) is 0.875. The van der Waals surface area contributed by atoms with Crippen molar-refractivity contribution in [3.05, 3.63) is 12.3 Å². The van der Waals surface area contributed by atoms with E-state index in [1.807, 2.05) is 6.92 Å². The maximum atomic E-state index is 11.2. The van der Waals surface area contributed by atoms with Crippen LogP contribution in [-0.4, -0.2) is 38.3 Å². The Kier molecular flexibility index (Phi) is 4.30. The van der Waals surface area contributed by atoms with E-state index >= 15 is 0 Å². The third-order valence-electron chi connectivity index (χ3n) is 2.64. The van der Waals surface area contributed by atoms with Crippen LogP contribution in [0, 0.1) is 0 Å². The monoisotopic (exact) mass is 255 g/mol. The average Bonchev–Trinajstić information content (AvgIpc) is 2.33. The predicted molar refractivity (Wildman–Crippen MR) is 67.7 cm³/mol. The molecule has 0 radical (unpaired) electrons. The molecular formula is C11H17N3O2S. The lowest BCUT2D eigenvalue weighted by Gasteiger charge is -2.22. The van der Waals surface area contributed by atoms with Crippen LogP contribution in [0.2, 0.25) is 0 Å². The van der Waals surface area contributed by atoms with E-state index < -0.39 is 10.8 Å². The van der Waals surface area contributed by atoms with Crippen LogP contribution >= 0.6 is 0 Å². The third kappa shape index (κ3) is 3.66. The first-order valence-electron chi connectivity index (χ1n) is 5.85. The molecule has 1 aromatic heterocycles. The fourth-order valence-electron chi connectivity index (χ4n) is 1.76. The number of nitrogens with one attached hydrogen (secondary N) is 1. The average molecular weight is 255 g/mol. The van der Waals surface area contributed by atoms with Gasteiger partial charge in [0.15, 0.2) is 0 Å². The van der Waals surface area contributed by atoms with Crippen LogP contribution < -0.4 is 10.1 Å². The minimum absolute atomic E-state index is 0.324. The molecule has 2 rings (SSSR count). The van der Waals surface area contributed by atoms with Crippen LogP contribution in [0.5, 0.6) is 5.88 Å². The molecule has 0 saturated carbocycles. The highest BCUT2D eigenvalue weighted by atomic mass is 32.2. The highest BCUT2D eigenvalue weighted by Crippen LogP contribution is 2.15. The van der Waals surface area contributed by atoms with Crippen LogP contribution in [0.25, 0.3) is 0 Å². The van der Waals surface area contributed by atoms with E-state index in [0.717, 1.165) is 24.3 Å². The number of anilines is 1. The maximum Gasteiger partial charge on any atom is 0.226 e. The molecule has 0 amide bonds. The summed E-state index contributed by atoms with van der Waals surface area (Å²) < 4.78 is 16.5. The van der Waals surface area contributed by atoms with Crippen molar-refractivity contribution >= 4 is 16.7 Å². The zero-order valence-electron chi connectivity index (χ0n) is 9.89. The van der Waals surface area contributed by atoms with E-state index in [4.69, 9.17) is 4.74 Å². The van der Waals surface area contributed by atoms with E-state index in [1.54, 1.807) is 12.3 Å². The lowest BCUT2D eigenvalue weighted by Crippen LogP contribution is -2.30. The summed E-state index contributed by atoms with van der Waals surface area (Å²) in [7, 11) is -0.632. The molecule has 1 aliphatic heterocycles. The third-order valence-corrected chi connectivity index (χ3v) is 4.03. The zero-order valence-corrected chi connectivity index (χ0v) is 10.7. The molecule has 0 bridgehead atoms. The summed E-state index contributed by atoms with van der Waals surface area (Å²) >= 11 is 0. The van der Waals surface area contributed by atoms with Crippen LogP contribution in [0.15, 0.2) is 12.3 Å². The van der Waals surface area contributed by atoms with Crippen LogP contribution in [-0.2, 0) is 10.8 Å². The fraction of sp³-hybridized carbons (Fsp3) is 0.636. The number of nitrogens with zero attached hydrogens (tertiary/aromatic N) is 2. The van der Waals surface area contributed by atoms with Gasteiger partial charge in [0.1, 0.15) is 0 Å². The Morgan fingerprint density at radius 2 is 2.29 bits per heavy atom. The lowest BCUT2D eigenvalue weighted by atomic mass is 10.2. The van der Waals surface area contributed by atoms with Crippen molar-refractivity contribution in [2.75, 3.05) is 23.4 Å². The molecule has 0 spiro atoms. The fourth-order valence-corrected chi connectivity index (χ4v) is 3.06. The molecule has 1 saturated heterocycles. The van der Waals surface area contributed by atoms with Crippen molar-refractivity contribution in [1.29, 1.82) is 0 Å². The van der Waals surface area contributed by atoms with Crippen LogP contribution in [0.1, 0.15) is 19.8 Å². The predicted octanol–water partition coefficient (Wildman–Crippen LogP) is 1.20. The minimum atomic E-state index is -0.632. The van der Waals surface area contributed by atoms with Gasteiger partial charge in [0, 0.05) is 40.6 Å². The first kappa shape index (κ1) is 12.3. The van der Waals surface area contributed by atoms with Gasteiger partial charge < -0.3 is 10.1 Å². The van der Waals surface area contributed by atoms with Crippen LogP contribution in [0.3, 0.4) is 0 Å². The number of ether oxygens (including phenoxy) is 1. The normalized spacial score (nSPS) is 24.3. The Hall–Kier alpha value is -1.17. The van der Waals surface area contributed by atoms with Gasteiger partial charge in [-0.3, -0.25) is 4.21 Å². The van der Waals surface area contributed by atoms with Crippen molar-refractivity contribution in [3.63, 3.8) is 0 Å². The zero-order chi connectivity index (χ0) is 12.1. The van der Waals surface area contributed by atoms with Gasteiger partial charge in [-0.15, -0.1) is 0 Å². The Balaban J connectivity index is 1.93. The Morgan fingerprint density at radius 3 is 3.00 bits per heavy atom. The second-order valence-corrected chi connectivity index (χ2v) is 5.61. The molecule has 94 valence electrons. The Bertz CT molecular complexity index is 390. The molecular weight excluding hydrogens is 238 g/mol. The standard InChI is InChI=1S/C11H17N3O2S/c1-2-16-10-3-6-12-11(14-10)13-9-4-7-17(15)8-5-9/h3,6,9H,2,4-5,7-8H2,1H3,(H,12,13,14). The first-order chi connectivity index (χ1) is 8.28. The molecule has 6 heteroatoms. The summed E-state index contributed by atoms with van der Waals surface area (Å²) in [5.41, 5.74) is 0. The molecule has 0 aliphatic carbocycles. The van der Waals surface area contributed by atoms with Crippen molar-refractivity contribution in [3.8, 4) is 5.88 Å². The van der Waals surface area contributed by atoms with Crippen molar-refractivity contribution in [2.24, 2.45) is 0 Å². The Morgan fingerprint density at radius 1 is 1.53 bits per heavy atom. The van der Waals surface area contributed by atoms with Gasteiger partial charge in [-0.1, -0.05) is 0 Å². The summed E-state index contributed by atoms with van der Waals surface area (Å²) in [6, 6.07) is 2.06. The smallest absolute Gasteiger partial charge is 0.226 e. The number of hydrogen-bond donors (Lipinski definition) is 1. The van der Waals surface area contributed by atoms with Crippen molar-refractivity contribution in [1.82, 2.24) is 9.97 Å². The lowest BCUT2D eigenvalue weighted by molar-refractivity contribution is 0.326. The van der Waals surface area contributed by atoms with Gasteiger partial charge in [0.2, 0.25) is 11.8 Å². The van der Waals surface area contributed by atoms with Gasteiger partial charge in [-0.2, -0.15) is 4.98 Å². The van der Waals surface area contributed by atoms with Gasteiger partial charge in [-0.25, -0.2) is 4.98 Å². The molecule has 1 aromatic rings. The van der Waals surface area contributed by atoms with E-state index in [-0.39, 0.29) is 0 Å². The molecule has 1 N–H and O–H groups in total. The van der Waals surface area contributed by atoms with Gasteiger partial charge >= 0.3 is 0 Å². The summed E-state index contributed by atoms with van der Waals surface area (Å²) in [6.45, 7) is 2.52. The second-order valence-electron chi connectivity index (χ2n) is 3.92. The molecule has 2 heterocycles. The summed E-state index contributed by atoms with van der Waals surface area (Å²) in [6.07, 6.45) is 3.50. The number of aromatic nitrogens is 2. The topological polar surface area (TPSA) is 64.1 Å². The largest absolute Gasteiger partial charge is 0.478 e. The van der Waals surface area contributed by atoms with Gasteiger partial charge in [-0.05, 0) is 19.8 Å². The van der Waals surface area contributed by atoms with Gasteiger partial charge in [0.25, 0.3) is 0 Å². The number of rotatable bonds is 4.